The first-order valence-corrected chi connectivity index (χ1v) is 11.5. The van der Waals surface area contributed by atoms with Gasteiger partial charge >= 0.3 is 0 Å². The number of nitrogens with zero attached hydrogens (tertiary/aromatic N) is 3. The van der Waals surface area contributed by atoms with Crippen molar-refractivity contribution < 1.29 is 9.90 Å². The number of Topliss-reactive ketones (excluding diaryl/α,β-unsaturated/α-hetero) is 1. The van der Waals surface area contributed by atoms with E-state index in [1.807, 2.05) is 25.1 Å². The number of ketones is 1. The Bertz CT molecular complexity index is 602. The minimum absolute atomic E-state index is 0.0557. The number of rotatable bonds is 17. The Balaban J connectivity index is 2.48. The first-order valence-electron chi connectivity index (χ1n) is 11.5. The van der Waals surface area contributed by atoms with E-state index in [4.69, 9.17) is 5.11 Å². The number of carbonyl (C=O) groups is 1. The molecule has 5 heteroatoms. The Morgan fingerprint density at radius 1 is 0.966 bits per heavy atom. The third-order valence-corrected chi connectivity index (χ3v) is 5.28. The highest BCUT2D eigenvalue weighted by Crippen LogP contribution is 2.22. The van der Waals surface area contributed by atoms with Gasteiger partial charge in [0.25, 0.3) is 0 Å². The molecule has 164 valence electrons. The van der Waals surface area contributed by atoms with Crippen molar-refractivity contribution in [1.82, 2.24) is 5.01 Å². The summed E-state index contributed by atoms with van der Waals surface area (Å²) in [7, 11) is 0. The van der Waals surface area contributed by atoms with Gasteiger partial charge in [0.15, 0.2) is 5.78 Å². The van der Waals surface area contributed by atoms with Gasteiger partial charge in [0.2, 0.25) is 0 Å². The van der Waals surface area contributed by atoms with Crippen LogP contribution in [0.25, 0.3) is 0 Å². The lowest BCUT2D eigenvalue weighted by molar-refractivity contribution is 0.101. The van der Waals surface area contributed by atoms with E-state index in [0.29, 0.717) is 13.1 Å². The summed E-state index contributed by atoms with van der Waals surface area (Å²) in [5.41, 5.74) is 2.62. The van der Waals surface area contributed by atoms with Crippen molar-refractivity contribution in [3.8, 4) is 0 Å². The maximum atomic E-state index is 12.0. The van der Waals surface area contributed by atoms with Gasteiger partial charge in [0.05, 0.1) is 18.8 Å². The van der Waals surface area contributed by atoms with Gasteiger partial charge in [0, 0.05) is 12.1 Å². The molecule has 0 aliphatic rings. The van der Waals surface area contributed by atoms with Gasteiger partial charge in [-0.2, -0.15) is 0 Å². The lowest BCUT2D eigenvalue weighted by atomic mass is 9.97. The highest BCUT2D eigenvalue weighted by Gasteiger charge is 2.08. The molecule has 0 radical (unpaired) electrons. The Morgan fingerprint density at radius 2 is 1.59 bits per heavy atom. The summed E-state index contributed by atoms with van der Waals surface area (Å²) in [5.74, 6) is 0.103. The van der Waals surface area contributed by atoms with E-state index in [9.17, 15) is 4.79 Å². The molecular formula is C24H41N3O2. The van der Waals surface area contributed by atoms with E-state index in [0.717, 1.165) is 29.7 Å². The van der Waals surface area contributed by atoms with Gasteiger partial charge in [0.1, 0.15) is 0 Å². The Hall–Kier alpha value is -1.75. The van der Waals surface area contributed by atoms with Crippen LogP contribution >= 0.6 is 0 Å². The molecule has 0 amide bonds. The molecule has 1 N–H and O–H groups in total. The average Bonchev–Trinajstić information content (AvgIpc) is 2.72. The number of hydrogen-bond donors (Lipinski definition) is 1. The fourth-order valence-corrected chi connectivity index (χ4v) is 3.49. The zero-order valence-corrected chi connectivity index (χ0v) is 18.8. The number of likely N-dealkylation sites (N-methyl/N-ethyl adjacent to an activating group) is 1. The average molecular weight is 404 g/mol. The molecule has 1 aromatic rings. The molecule has 0 fully saturated rings. The van der Waals surface area contributed by atoms with Gasteiger partial charge in [-0.3, -0.25) is 9.80 Å². The van der Waals surface area contributed by atoms with Crippen LogP contribution in [0.3, 0.4) is 0 Å². The molecule has 0 aliphatic heterocycles. The normalized spacial score (nSPS) is 11.3. The first kappa shape index (κ1) is 25.3. The Kier molecular flexibility index (Phi) is 14.0. The molecule has 5 nitrogen and oxygen atoms in total. The fraction of sp³-hybridized carbons (Fsp3) is 0.708. The van der Waals surface area contributed by atoms with Crippen LogP contribution in [0.2, 0.25) is 0 Å². The molecule has 0 bridgehead atoms. The zero-order valence-electron chi connectivity index (χ0n) is 18.8. The van der Waals surface area contributed by atoms with Gasteiger partial charge < -0.3 is 5.11 Å². The van der Waals surface area contributed by atoms with Crippen molar-refractivity contribution in [1.29, 1.82) is 0 Å². The second-order valence-electron chi connectivity index (χ2n) is 7.79. The molecule has 29 heavy (non-hydrogen) atoms. The molecule has 0 unspecified atom stereocenters. The molecule has 1 rings (SSSR count). The van der Waals surface area contributed by atoms with Crippen LogP contribution in [0.15, 0.2) is 28.5 Å². The summed E-state index contributed by atoms with van der Waals surface area (Å²) in [5, 5.41) is 19.2. The number of unbranched alkanes of at least 4 members (excludes halogenated alkanes) is 9. The van der Waals surface area contributed by atoms with Crippen LogP contribution < -0.4 is 0 Å². The molecule has 0 aliphatic carbocycles. The van der Waals surface area contributed by atoms with Gasteiger partial charge in [-0.1, -0.05) is 69.9 Å². The number of aliphatic hydroxyl groups is 1. The lowest BCUT2D eigenvalue weighted by Gasteiger charge is -2.13. The minimum atomic E-state index is 0.0557. The van der Waals surface area contributed by atoms with Crippen molar-refractivity contribution in [3.63, 3.8) is 0 Å². The van der Waals surface area contributed by atoms with Crippen LogP contribution in [-0.4, -0.2) is 35.6 Å². The molecule has 0 saturated heterocycles. The monoisotopic (exact) mass is 403 g/mol. The summed E-state index contributed by atoms with van der Waals surface area (Å²) in [6, 6.07) is 5.69. The molecule has 0 atom stereocenters. The second-order valence-corrected chi connectivity index (χ2v) is 7.79. The fourth-order valence-electron chi connectivity index (χ4n) is 3.49. The van der Waals surface area contributed by atoms with Crippen molar-refractivity contribution in [2.24, 2.45) is 10.3 Å². The largest absolute Gasteiger partial charge is 0.394 e. The van der Waals surface area contributed by atoms with Crippen molar-refractivity contribution in [2.75, 3.05) is 19.7 Å². The second kappa shape index (κ2) is 16.1. The topological polar surface area (TPSA) is 65.3 Å². The summed E-state index contributed by atoms with van der Waals surface area (Å²) in [6.45, 7) is 7.08. The number of benzene rings is 1. The lowest BCUT2D eigenvalue weighted by Crippen LogP contribution is -2.19. The van der Waals surface area contributed by atoms with Gasteiger partial charge in [-0.25, -0.2) is 0 Å². The van der Waals surface area contributed by atoms with Gasteiger partial charge in [-0.05, 0) is 50.5 Å². The standard InChI is InChI=1S/C24H41N3O2/c1-4-6-7-8-9-10-11-12-13-14-15-22-20-23(16-17-24(22)21(3)29)25-26-27(5-2)18-19-28/h16-17,20,28H,4-15,18-19H2,1-3H3. The summed E-state index contributed by atoms with van der Waals surface area (Å²) < 4.78 is 0. The van der Waals surface area contributed by atoms with E-state index in [-0.39, 0.29) is 12.4 Å². The number of carbonyl (C=O) groups excluding carboxylic acids is 1. The van der Waals surface area contributed by atoms with Crippen LogP contribution in [-0.2, 0) is 6.42 Å². The maximum Gasteiger partial charge on any atom is 0.160 e. The molecule has 0 saturated carbocycles. The van der Waals surface area contributed by atoms with Crippen molar-refractivity contribution >= 4 is 11.5 Å². The summed E-state index contributed by atoms with van der Waals surface area (Å²) in [6.07, 6.45) is 14.0. The SMILES string of the molecule is CCCCCCCCCCCCc1cc(N=NN(CC)CCO)ccc1C(C)=O. The quantitative estimate of drug-likeness (QED) is 0.137. The van der Waals surface area contributed by atoms with Crippen LogP contribution in [0.1, 0.15) is 101 Å². The zero-order chi connectivity index (χ0) is 21.3. The Morgan fingerprint density at radius 3 is 2.14 bits per heavy atom. The highest BCUT2D eigenvalue weighted by molar-refractivity contribution is 5.95. The van der Waals surface area contributed by atoms with E-state index in [1.54, 1.807) is 11.9 Å². The molecule has 0 aromatic heterocycles. The molecular weight excluding hydrogens is 362 g/mol. The van der Waals surface area contributed by atoms with Crippen molar-refractivity contribution in [2.45, 2.75) is 91.4 Å². The third kappa shape index (κ3) is 11.1. The highest BCUT2D eigenvalue weighted by atomic mass is 16.3. The van der Waals surface area contributed by atoms with Crippen LogP contribution in [0.5, 0.6) is 0 Å². The van der Waals surface area contributed by atoms with Crippen LogP contribution in [0, 0.1) is 0 Å². The van der Waals surface area contributed by atoms with E-state index < -0.39 is 0 Å². The Labute approximate surface area is 177 Å². The minimum Gasteiger partial charge on any atom is -0.394 e. The smallest absolute Gasteiger partial charge is 0.160 e. The summed E-state index contributed by atoms with van der Waals surface area (Å²) >= 11 is 0. The number of aliphatic hydroxyl groups excluding tert-OH is 1. The van der Waals surface area contributed by atoms with E-state index in [1.165, 1.54) is 57.8 Å². The maximum absolute atomic E-state index is 12.0. The van der Waals surface area contributed by atoms with Crippen LogP contribution in [0.4, 0.5) is 5.69 Å². The van der Waals surface area contributed by atoms with E-state index in [2.05, 4.69) is 17.3 Å². The number of hydrogen-bond acceptors (Lipinski definition) is 4. The third-order valence-electron chi connectivity index (χ3n) is 5.28. The molecule has 0 spiro atoms. The molecule has 1 aromatic carbocycles. The predicted molar refractivity (Wildman–Crippen MR) is 121 cm³/mol. The first-order chi connectivity index (χ1) is 14.1. The number of aryl methyl sites for hydroxylation is 1. The molecule has 0 heterocycles. The van der Waals surface area contributed by atoms with E-state index >= 15 is 0 Å². The summed E-state index contributed by atoms with van der Waals surface area (Å²) in [4.78, 5) is 12.0. The predicted octanol–water partition coefficient (Wildman–Crippen LogP) is 6.67. The van der Waals surface area contributed by atoms with Gasteiger partial charge in [-0.15, -0.1) is 5.11 Å². The van der Waals surface area contributed by atoms with Crippen molar-refractivity contribution in [3.05, 3.63) is 29.3 Å².